The first-order chi connectivity index (χ1) is 7.26. The maximum atomic E-state index is 11.8. The Hall–Kier alpha value is -1.29. The Morgan fingerprint density at radius 2 is 2.12 bits per heavy atom. The van der Waals surface area contributed by atoms with Crippen molar-refractivity contribution < 1.29 is 18.0 Å². The molecule has 0 aliphatic carbocycles. The highest BCUT2D eigenvalue weighted by molar-refractivity contribution is 5.78. The van der Waals surface area contributed by atoms with E-state index in [4.69, 9.17) is 5.26 Å². The van der Waals surface area contributed by atoms with E-state index >= 15 is 0 Å². The van der Waals surface area contributed by atoms with Crippen molar-refractivity contribution in [1.29, 1.82) is 5.26 Å². The van der Waals surface area contributed by atoms with Gasteiger partial charge in [-0.05, 0) is 14.0 Å². The van der Waals surface area contributed by atoms with Gasteiger partial charge in [-0.1, -0.05) is 0 Å². The van der Waals surface area contributed by atoms with E-state index in [2.05, 4.69) is 0 Å². The average Bonchev–Trinajstić information content (AvgIpc) is 2.14. The smallest absolute Gasteiger partial charge is 0.346 e. The Balaban J connectivity index is 3.92. The number of nitriles is 1. The van der Waals surface area contributed by atoms with Crippen LogP contribution in [0.2, 0.25) is 0 Å². The standard InChI is InChI=1S/C9H14F3N3O/c1-7(3-4-13)15(2)5-8(16)14-6-9(10,11)12/h7H,3,5-6H2,1-2H3,(H,14,16). The van der Waals surface area contributed by atoms with Crippen molar-refractivity contribution in [2.75, 3.05) is 20.1 Å². The monoisotopic (exact) mass is 237 g/mol. The number of hydrogen-bond acceptors (Lipinski definition) is 3. The molecule has 0 fully saturated rings. The highest BCUT2D eigenvalue weighted by Crippen LogP contribution is 2.12. The number of alkyl halides is 3. The van der Waals surface area contributed by atoms with Gasteiger partial charge in [-0.25, -0.2) is 0 Å². The molecule has 0 aromatic rings. The fourth-order valence-corrected chi connectivity index (χ4v) is 0.925. The molecule has 0 aromatic heterocycles. The highest BCUT2D eigenvalue weighted by Gasteiger charge is 2.27. The largest absolute Gasteiger partial charge is 0.405 e. The number of amides is 1. The summed E-state index contributed by atoms with van der Waals surface area (Å²) in [5.74, 6) is -0.704. The summed E-state index contributed by atoms with van der Waals surface area (Å²) in [6.45, 7) is 0.242. The van der Waals surface area contributed by atoms with Crippen LogP contribution < -0.4 is 5.32 Å². The number of nitrogens with one attached hydrogen (secondary N) is 1. The molecule has 92 valence electrons. The van der Waals surface area contributed by atoms with Crippen LogP contribution in [-0.4, -0.2) is 43.2 Å². The molecule has 1 amide bonds. The molecule has 0 rings (SSSR count). The fraction of sp³-hybridized carbons (Fsp3) is 0.778. The number of rotatable bonds is 5. The van der Waals surface area contributed by atoms with E-state index in [1.165, 1.54) is 4.90 Å². The number of hydrogen-bond donors (Lipinski definition) is 1. The Morgan fingerprint density at radius 3 is 2.56 bits per heavy atom. The zero-order valence-corrected chi connectivity index (χ0v) is 9.14. The van der Waals surface area contributed by atoms with Crippen LogP contribution in [0.4, 0.5) is 13.2 Å². The normalized spacial score (nSPS) is 13.3. The second-order valence-electron chi connectivity index (χ2n) is 3.52. The molecule has 0 saturated heterocycles. The van der Waals surface area contributed by atoms with Gasteiger partial charge in [0.15, 0.2) is 0 Å². The van der Waals surface area contributed by atoms with Gasteiger partial charge in [-0.15, -0.1) is 0 Å². The molecule has 0 spiro atoms. The maximum Gasteiger partial charge on any atom is 0.405 e. The van der Waals surface area contributed by atoms with E-state index in [0.717, 1.165) is 0 Å². The molecule has 0 aliphatic rings. The zero-order valence-electron chi connectivity index (χ0n) is 9.14. The van der Waals surface area contributed by atoms with E-state index in [1.807, 2.05) is 6.07 Å². The van der Waals surface area contributed by atoms with Crippen molar-refractivity contribution in [2.24, 2.45) is 0 Å². The summed E-state index contributed by atoms with van der Waals surface area (Å²) in [6, 6.07) is 1.76. The van der Waals surface area contributed by atoms with Crippen molar-refractivity contribution in [2.45, 2.75) is 25.6 Å². The lowest BCUT2D eigenvalue weighted by Crippen LogP contribution is -2.42. The molecular weight excluding hydrogens is 223 g/mol. The van der Waals surface area contributed by atoms with Gasteiger partial charge < -0.3 is 5.32 Å². The zero-order chi connectivity index (χ0) is 12.8. The third-order valence-corrected chi connectivity index (χ3v) is 2.02. The molecular formula is C9H14F3N3O. The molecule has 0 saturated carbocycles. The number of likely N-dealkylation sites (N-methyl/N-ethyl adjacent to an activating group) is 1. The van der Waals surface area contributed by atoms with E-state index in [0.29, 0.717) is 0 Å². The van der Waals surface area contributed by atoms with Gasteiger partial charge in [0.25, 0.3) is 0 Å². The molecule has 0 heterocycles. The molecule has 1 atom stereocenters. The van der Waals surface area contributed by atoms with Crippen LogP contribution in [0.25, 0.3) is 0 Å². The molecule has 4 nitrogen and oxygen atoms in total. The Morgan fingerprint density at radius 1 is 1.56 bits per heavy atom. The second-order valence-corrected chi connectivity index (χ2v) is 3.52. The summed E-state index contributed by atoms with van der Waals surface area (Å²) in [5.41, 5.74) is 0. The summed E-state index contributed by atoms with van der Waals surface area (Å²) < 4.78 is 35.3. The van der Waals surface area contributed by atoms with Gasteiger partial charge in [0, 0.05) is 6.04 Å². The van der Waals surface area contributed by atoms with Gasteiger partial charge in [0.2, 0.25) is 5.91 Å². The van der Waals surface area contributed by atoms with Gasteiger partial charge in [0.05, 0.1) is 19.0 Å². The lowest BCUT2D eigenvalue weighted by atomic mass is 10.2. The molecule has 0 aliphatic heterocycles. The first-order valence-electron chi connectivity index (χ1n) is 4.67. The third-order valence-electron chi connectivity index (χ3n) is 2.02. The predicted octanol–water partition coefficient (Wildman–Crippen LogP) is 0.899. The van der Waals surface area contributed by atoms with Crippen molar-refractivity contribution in [3.05, 3.63) is 0 Å². The summed E-state index contributed by atoms with van der Waals surface area (Å²) in [6.07, 6.45) is -4.17. The van der Waals surface area contributed by atoms with Gasteiger partial charge in [-0.2, -0.15) is 18.4 Å². The van der Waals surface area contributed by atoms with Crippen LogP contribution in [0.15, 0.2) is 0 Å². The molecule has 1 unspecified atom stereocenters. The second kappa shape index (κ2) is 6.33. The lowest BCUT2D eigenvalue weighted by Gasteiger charge is -2.21. The Bertz CT molecular complexity index is 272. The van der Waals surface area contributed by atoms with Crippen LogP contribution in [0, 0.1) is 11.3 Å². The molecule has 16 heavy (non-hydrogen) atoms. The number of nitrogens with zero attached hydrogens (tertiary/aromatic N) is 2. The van der Waals surface area contributed by atoms with Gasteiger partial charge >= 0.3 is 6.18 Å². The minimum Gasteiger partial charge on any atom is -0.346 e. The lowest BCUT2D eigenvalue weighted by molar-refractivity contribution is -0.139. The van der Waals surface area contributed by atoms with Crippen LogP contribution in [0.5, 0.6) is 0 Å². The quantitative estimate of drug-likeness (QED) is 0.772. The number of carbonyl (C=O) groups is 1. The summed E-state index contributed by atoms with van der Waals surface area (Å²) in [7, 11) is 1.58. The predicted molar refractivity (Wildman–Crippen MR) is 51.4 cm³/mol. The Kier molecular flexibility index (Phi) is 5.82. The van der Waals surface area contributed by atoms with Crippen molar-refractivity contribution in [1.82, 2.24) is 10.2 Å². The fourth-order valence-electron chi connectivity index (χ4n) is 0.925. The van der Waals surface area contributed by atoms with Crippen LogP contribution >= 0.6 is 0 Å². The third kappa shape index (κ3) is 7.06. The average molecular weight is 237 g/mol. The molecule has 0 bridgehead atoms. The summed E-state index contributed by atoms with van der Waals surface area (Å²) in [5, 5.41) is 10.2. The topological polar surface area (TPSA) is 56.1 Å². The number of carbonyl (C=O) groups excluding carboxylic acids is 1. The summed E-state index contributed by atoms with van der Waals surface area (Å²) >= 11 is 0. The molecule has 1 N–H and O–H groups in total. The first-order valence-corrected chi connectivity index (χ1v) is 4.67. The van der Waals surface area contributed by atoms with E-state index in [9.17, 15) is 18.0 Å². The molecule has 7 heteroatoms. The minimum atomic E-state index is -4.40. The molecule has 0 radical (unpaired) electrons. The van der Waals surface area contributed by atoms with Gasteiger partial charge in [0.1, 0.15) is 6.54 Å². The SMILES string of the molecule is CC(CC#N)N(C)CC(=O)NCC(F)(F)F. The van der Waals surface area contributed by atoms with Crippen molar-refractivity contribution in [3.8, 4) is 6.07 Å². The van der Waals surface area contributed by atoms with Gasteiger partial charge in [-0.3, -0.25) is 9.69 Å². The van der Waals surface area contributed by atoms with Crippen LogP contribution in [0.1, 0.15) is 13.3 Å². The number of halogens is 3. The van der Waals surface area contributed by atoms with E-state index in [1.54, 1.807) is 19.3 Å². The van der Waals surface area contributed by atoms with Crippen molar-refractivity contribution in [3.63, 3.8) is 0 Å². The first kappa shape index (κ1) is 14.7. The van der Waals surface area contributed by atoms with Crippen LogP contribution in [-0.2, 0) is 4.79 Å². The van der Waals surface area contributed by atoms with E-state index in [-0.39, 0.29) is 19.0 Å². The minimum absolute atomic E-state index is 0.154. The highest BCUT2D eigenvalue weighted by atomic mass is 19.4. The Labute approximate surface area is 92.0 Å². The molecule has 0 aromatic carbocycles. The maximum absolute atomic E-state index is 11.8. The van der Waals surface area contributed by atoms with Crippen molar-refractivity contribution >= 4 is 5.91 Å². The van der Waals surface area contributed by atoms with E-state index < -0.39 is 18.6 Å². The van der Waals surface area contributed by atoms with Crippen LogP contribution in [0.3, 0.4) is 0 Å². The summed E-state index contributed by atoms with van der Waals surface area (Å²) in [4.78, 5) is 12.6.